The molecule has 0 saturated carbocycles. The molecule has 5 rings (SSSR count). The highest BCUT2D eigenvalue weighted by Crippen LogP contribution is 2.35. The molecule has 1 fully saturated rings. The summed E-state index contributed by atoms with van der Waals surface area (Å²) in [4.78, 5) is 20.7. The Bertz CT molecular complexity index is 1030. The standard InChI is InChI=1S/C19H18N6/c1-2-7-15-14(6-1)23-19(17-12-20-13-25(15)17)24-11-4-3-8-16(24)18-21-9-5-10-22-18/h1-2,5-7,9-10,12-13,16H,3-4,8,11H2. The van der Waals surface area contributed by atoms with Gasteiger partial charge in [-0.1, -0.05) is 12.1 Å². The Balaban J connectivity index is 1.71. The minimum absolute atomic E-state index is 0.155. The first-order chi connectivity index (χ1) is 12.4. The number of nitrogens with zero attached hydrogens (tertiary/aromatic N) is 6. The number of anilines is 1. The molecule has 4 heterocycles. The van der Waals surface area contributed by atoms with Crippen LogP contribution in [0.3, 0.4) is 0 Å². The first-order valence-electron chi connectivity index (χ1n) is 8.66. The number of rotatable bonds is 2. The lowest BCUT2D eigenvalue weighted by molar-refractivity contribution is 0.454. The summed E-state index contributed by atoms with van der Waals surface area (Å²) in [6.07, 6.45) is 10.8. The van der Waals surface area contributed by atoms with Crippen molar-refractivity contribution in [1.29, 1.82) is 0 Å². The molecule has 1 aliphatic heterocycles. The highest BCUT2D eigenvalue weighted by Gasteiger charge is 2.29. The Kier molecular flexibility index (Phi) is 3.33. The molecule has 0 radical (unpaired) electrons. The van der Waals surface area contributed by atoms with Crippen LogP contribution in [0, 0.1) is 0 Å². The molecule has 1 aromatic carbocycles. The fraction of sp³-hybridized carbons (Fsp3) is 0.263. The summed E-state index contributed by atoms with van der Waals surface area (Å²) in [5.74, 6) is 1.84. The molecule has 3 aromatic heterocycles. The number of hydrogen-bond donors (Lipinski definition) is 0. The molecule has 124 valence electrons. The summed E-state index contributed by atoms with van der Waals surface area (Å²) < 4.78 is 2.12. The number of imidazole rings is 1. The average molecular weight is 330 g/mol. The monoisotopic (exact) mass is 330 g/mol. The van der Waals surface area contributed by atoms with Crippen molar-refractivity contribution in [3.63, 3.8) is 0 Å². The summed E-state index contributed by atoms with van der Waals surface area (Å²) in [6, 6.07) is 10.2. The van der Waals surface area contributed by atoms with Gasteiger partial charge in [0.25, 0.3) is 0 Å². The van der Waals surface area contributed by atoms with E-state index in [1.165, 1.54) is 6.42 Å². The van der Waals surface area contributed by atoms with E-state index in [4.69, 9.17) is 4.98 Å². The van der Waals surface area contributed by atoms with Crippen LogP contribution < -0.4 is 4.90 Å². The van der Waals surface area contributed by atoms with Gasteiger partial charge >= 0.3 is 0 Å². The van der Waals surface area contributed by atoms with Crippen LogP contribution in [0.2, 0.25) is 0 Å². The van der Waals surface area contributed by atoms with Gasteiger partial charge in [0.2, 0.25) is 0 Å². The van der Waals surface area contributed by atoms with Crippen molar-refractivity contribution in [2.45, 2.75) is 25.3 Å². The zero-order valence-corrected chi connectivity index (χ0v) is 13.8. The Labute approximate surface area is 145 Å². The van der Waals surface area contributed by atoms with E-state index < -0.39 is 0 Å². The van der Waals surface area contributed by atoms with E-state index in [1.54, 1.807) is 0 Å². The lowest BCUT2D eigenvalue weighted by Crippen LogP contribution is -2.35. The third kappa shape index (κ3) is 2.33. The molecule has 0 spiro atoms. The number of piperidine rings is 1. The van der Waals surface area contributed by atoms with Crippen LogP contribution in [0.15, 0.2) is 55.2 Å². The van der Waals surface area contributed by atoms with Gasteiger partial charge in [0.15, 0.2) is 11.6 Å². The van der Waals surface area contributed by atoms with Gasteiger partial charge in [-0.25, -0.2) is 19.9 Å². The first kappa shape index (κ1) is 14.3. The van der Waals surface area contributed by atoms with Gasteiger partial charge < -0.3 is 4.90 Å². The predicted octanol–water partition coefficient (Wildman–Crippen LogP) is 3.40. The second-order valence-electron chi connectivity index (χ2n) is 6.38. The first-order valence-corrected chi connectivity index (χ1v) is 8.66. The molecule has 25 heavy (non-hydrogen) atoms. The zero-order chi connectivity index (χ0) is 16.6. The summed E-state index contributed by atoms with van der Waals surface area (Å²) in [5, 5.41) is 0. The lowest BCUT2D eigenvalue weighted by Gasteiger charge is -2.36. The maximum atomic E-state index is 4.98. The smallest absolute Gasteiger partial charge is 0.155 e. The minimum Gasteiger partial charge on any atom is -0.345 e. The highest BCUT2D eigenvalue weighted by molar-refractivity contribution is 5.84. The average Bonchev–Trinajstić information content (AvgIpc) is 3.18. The molecule has 0 amide bonds. The van der Waals surface area contributed by atoms with Gasteiger partial charge in [0, 0.05) is 18.9 Å². The number of aromatic nitrogens is 5. The fourth-order valence-corrected chi connectivity index (χ4v) is 3.73. The highest BCUT2D eigenvalue weighted by atomic mass is 15.3. The van der Waals surface area contributed by atoms with E-state index in [-0.39, 0.29) is 6.04 Å². The van der Waals surface area contributed by atoms with Crippen molar-refractivity contribution in [3.05, 3.63) is 61.1 Å². The van der Waals surface area contributed by atoms with Crippen molar-refractivity contribution in [3.8, 4) is 0 Å². The SMILES string of the molecule is c1cnc(C2CCCCN2c2nc3ccccc3n3cncc23)nc1. The number of para-hydroxylation sites is 2. The Morgan fingerprint density at radius 1 is 0.960 bits per heavy atom. The van der Waals surface area contributed by atoms with Gasteiger partial charge in [-0.3, -0.25) is 4.40 Å². The van der Waals surface area contributed by atoms with Crippen molar-refractivity contribution in [2.24, 2.45) is 0 Å². The third-order valence-corrected chi connectivity index (χ3v) is 4.89. The second-order valence-corrected chi connectivity index (χ2v) is 6.38. The van der Waals surface area contributed by atoms with Gasteiger partial charge in [0.1, 0.15) is 5.52 Å². The molecule has 0 N–H and O–H groups in total. The van der Waals surface area contributed by atoms with Crippen LogP contribution in [0.5, 0.6) is 0 Å². The lowest BCUT2D eigenvalue weighted by atomic mass is 10.0. The summed E-state index contributed by atoms with van der Waals surface area (Å²) in [6.45, 7) is 0.953. The molecule has 6 heteroatoms. The summed E-state index contributed by atoms with van der Waals surface area (Å²) in [5.41, 5.74) is 3.08. The molecular weight excluding hydrogens is 312 g/mol. The number of benzene rings is 1. The minimum atomic E-state index is 0.155. The van der Waals surface area contributed by atoms with E-state index in [0.29, 0.717) is 0 Å². The molecule has 1 atom stereocenters. The maximum absolute atomic E-state index is 4.98. The molecule has 1 unspecified atom stereocenters. The van der Waals surface area contributed by atoms with Crippen LogP contribution in [0.4, 0.5) is 5.82 Å². The molecular formula is C19H18N6. The molecule has 1 saturated heterocycles. The van der Waals surface area contributed by atoms with Gasteiger partial charge in [-0.15, -0.1) is 0 Å². The normalized spacial score (nSPS) is 18.1. The van der Waals surface area contributed by atoms with Crippen LogP contribution in [0.1, 0.15) is 31.1 Å². The summed E-state index contributed by atoms with van der Waals surface area (Å²) in [7, 11) is 0. The Morgan fingerprint density at radius 3 is 2.76 bits per heavy atom. The van der Waals surface area contributed by atoms with Crippen LogP contribution in [-0.2, 0) is 0 Å². The number of fused-ring (bicyclic) bond motifs is 3. The topological polar surface area (TPSA) is 59.2 Å². The molecule has 4 aromatic rings. The van der Waals surface area contributed by atoms with Crippen LogP contribution in [-0.4, -0.2) is 30.9 Å². The molecule has 0 bridgehead atoms. The zero-order valence-electron chi connectivity index (χ0n) is 13.8. The van der Waals surface area contributed by atoms with E-state index in [2.05, 4.69) is 36.4 Å². The maximum Gasteiger partial charge on any atom is 0.155 e. The van der Waals surface area contributed by atoms with Crippen molar-refractivity contribution in [2.75, 3.05) is 11.4 Å². The van der Waals surface area contributed by atoms with Gasteiger partial charge in [0.05, 0.1) is 29.6 Å². The molecule has 0 aliphatic carbocycles. The van der Waals surface area contributed by atoms with Gasteiger partial charge in [-0.2, -0.15) is 0 Å². The van der Waals surface area contributed by atoms with Crippen LogP contribution in [0.25, 0.3) is 16.6 Å². The fourth-order valence-electron chi connectivity index (χ4n) is 3.73. The van der Waals surface area contributed by atoms with E-state index in [0.717, 1.165) is 47.6 Å². The van der Waals surface area contributed by atoms with Crippen molar-refractivity contribution in [1.82, 2.24) is 24.3 Å². The van der Waals surface area contributed by atoms with Crippen molar-refractivity contribution >= 4 is 22.4 Å². The Morgan fingerprint density at radius 2 is 1.84 bits per heavy atom. The van der Waals surface area contributed by atoms with Crippen LogP contribution >= 0.6 is 0 Å². The van der Waals surface area contributed by atoms with E-state index in [9.17, 15) is 0 Å². The quantitative estimate of drug-likeness (QED) is 0.564. The van der Waals surface area contributed by atoms with Gasteiger partial charge in [-0.05, 0) is 37.5 Å². The Hall–Kier alpha value is -3.02. The second kappa shape index (κ2) is 5.81. The third-order valence-electron chi connectivity index (χ3n) is 4.89. The van der Waals surface area contributed by atoms with E-state index >= 15 is 0 Å². The van der Waals surface area contributed by atoms with Crippen molar-refractivity contribution < 1.29 is 0 Å². The number of hydrogen-bond acceptors (Lipinski definition) is 5. The largest absolute Gasteiger partial charge is 0.345 e. The molecule has 1 aliphatic rings. The molecule has 6 nitrogen and oxygen atoms in total. The van der Waals surface area contributed by atoms with E-state index in [1.807, 2.05) is 43.1 Å². The predicted molar refractivity (Wildman–Crippen MR) is 96.5 cm³/mol. The summed E-state index contributed by atoms with van der Waals surface area (Å²) >= 11 is 0.